The number of benzene rings is 1. The van der Waals surface area contributed by atoms with Crippen LogP contribution in [0.1, 0.15) is 40.4 Å². The van der Waals surface area contributed by atoms with Crippen LogP contribution < -0.4 is 0 Å². The van der Waals surface area contributed by atoms with Crippen LogP contribution in [0.4, 0.5) is 0 Å². The predicted octanol–water partition coefficient (Wildman–Crippen LogP) is 1.03. The number of hydrogen-bond donors (Lipinski definition) is 4. The van der Waals surface area contributed by atoms with E-state index in [0.29, 0.717) is 12.0 Å². The summed E-state index contributed by atoms with van der Waals surface area (Å²) in [5.74, 6) is -1.52. The van der Waals surface area contributed by atoms with Crippen molar-refractivity contribution >= 4 is 5.97 Å². The summed E-state index contributed by atoms with van der Waals surface area (Å²) in [6.45, 7) is 0.934. The fourth-order valence-electron chi connectivity index (χ4n) is 1.86. The number of hydrogen-bond acceptors (Lipinski definition) is 4. The Hall–Kier alpha value is -1.59. The minimum Gasteiger partial charge on any atom is -0.507 e. The van der Waals surface area contributed by atoms with E-state index in [4.69, 9.17) is 15.3 Å². The van der Waals surface area contributed by atoms with Crippen LogP contribution in [-0.4, -0.2) is 26.4 Å². The molecule has 0 aliphatic rings. The smallest absolute Gasteiger partial charge is 0.336 e. The van der Waals surface area contributed by atoms with Crippen LogP contribution in [-0.2, 0) is 19.6 Å². The van der Waals surface area contributed by atoms with Gasteiger partial charge in [0.05, 0.1) is 18.8 Å². The zero-order valence-electron chi connectivity index (χ0n) is 9.60. The Kier molecular flexibility index (Phi) is 4.48. The normalized spacial score (nSPS) is 10.5. The van der Waals surface area contributed by atoms with Gasteiger partial charge in [-0.05, 0) is 18.1 Å². The first-order valence-corrected chi connectivity index (χ1v) is 5.38. The summed E-state index contributed by atoms with van der Waals surface area (Å²) in [6, 6.07) is 1.47. The Morgan fingerprint density at radius 3 is 2.29 bits per heavy atom. The number of aliphatic hydroxyl groups excluding tert-OH is 2. The molecular formula is C12H16O5. The van der Waals surface area contributed by atoms with Crippen molar-refractivity contribution in [2.24, 2.45) is 0 Å². The van der Waals surface area contributed by atoms with Gasteiger partial charge in [0.15, 0.2) is 0 Å². The molecule has 4 N–H and O–H groups in total. The number of carbonyl (C=O) groups is 1. The molecule has 0 aromatic heterocycles. The highest BCUT2D eigenvalue weighted by Crippen LogP contribution is 2.30. The maximum absolute atomic E-state index is 11.1. The zero-order chi connectivity index (χ0) is 13.0. The molecule has 0 aliphatic heterocycles. The lowest BCUT2D eigenvalue weighted by atomic mass is 9.94. The van der Waals surface area contributed by atoms with E-state index in [1.54, 1.807) is 0 Å². The van der Waals surface area contributed by atoms with E-state index in [2.05, 4.69) is 0 Å². The van der Waals surface area contributed by atoms with Gasteiger partial charge in [0.1, 0.15) is 5.75 Å². The maximum Gasteiger partial charge on any atom is 0.336 e. The lowest BCUT2D eigenvalue weighted by Gasteiger charge is -2.14. The number of carboxylic acids is 1. The van der Waals surface area contributed by atoms with Crippen molar-refractivity contribution in [1.29, 1.82) is 0 Å². The van der Waals surface area contributed by atoms with Crippen LogP contribution in [0.2, 0.25) is 0 Å². The molecule has 1 rings (SSSR count). The SMILES string of the molecule is CCCc1cc(CO)c(O)c(CO)c1C(=O)O. The summed E-state index contributed by atoms with van der Waals surface area (Å²) in [5.41, 5.74) is 0.657. The summed E-state index contributed by atoms with van der Waals surface area (Å²) in [5, 5.41) is 37.1. The average Bonchev–Trinajstić information content (AvgIpc) is 2.30. The first-order valence-electron chi connectivity index (χ1n) is 5.38. The molecule has 1 aromatic rings. The summed E-state index contributed by atoms with van der Waals surface area (Å²) in [6.07, 6.45) is 1.25. The van der Waals surface area contributed by atoms with E-state index in [1.807, 2.05) is 6.92 Å². The first-order chi connectivity index (χ1) is 8.06. The molecule has 5 heteroatoms. The summed E-state index contributed by atoms with van der Waals surface area (Å²) in [4.78, 5) is 11.1. The Labute approximate surface area is 99.0 Å². The van der Waals surface area contributed by atoms with Crippen molar-refractivity contribution in [3.8, 4) is 5.75 Å². The quantitative estimate of drug-likeness (QED) is 0.616. The van der Waals surface area contributed by atoms with Crippen molar-refractivity contribution in [2.45, 2.75) is 33.0 Å². The van der Waals surface area contributed by atoms with E-state index in [9.17, 15) is 9.90 Å². The molecule has 0 saturated heterocycles. The lowest BCUT2D eigenvalue weighted by molar-refractivity contribution is 0.0691. The predicted molar refractivity (Wildman–Crippen MR) is 60.9 cm³/mol. The molecule has 5 nitrogen and oxygen atoms in total. The zero-order valence-corrected chi connectivity index (χ0v) is 9.60. The Bertz CT molecular complexity index is 425. The largest absolute Gasteiger partial charge is 0.507 e. The highest BCUT2D eigenvalue weighted by Gasteiger charge is 2.21. The van der Waals surface area contributed by atoms with Gasteiger partial charge in [-0.3, -0.25) is 0 Å². The van der Waals surface area contributed by atoms with Gasteiger partial charge in [0, 0.05) is 11.1 Å². The maximum atomic E-state index is 11.1. The fourth-order valence-corrected chi connectivity index (χ4v) is 1.86. The van der Waals surface area contributed by atoms with Gasteiger partial charge in [0.2, 0.25) is 0 Å². The van der Waals surface area contributed by atoms with Crippen LogP contribution >= 0.6 is 0 Å². The molecule has 1 aromatic carbocycles. The Morgan fingerprint density at radius 1 is 1.24 bits per heavy atom. The molecule has 0 spiro atoms. The third-order valence-corrected chi connectivity index (χ3v) is 2.62. The molecule has 94 valence electrons. The van der Waals surface area contributed by atoms with E-state index >= 15 is 0 Å². The average molecular weight is 240 g/mol. The molecule has 0 atom stereocenters. The minimum atomic E-state index is -1.18. The topological polar surface area (TPSA) is 98.0 Å². The molecule has 0 unspecified atom stereocenters. The van der Waals surface area contributed by atoms with Gasteiger partial charge >= 0.3 is 5.97 Å². The molecule has 0 radical (unpaired) electrons. The third-order valence-electron chi connectivity index (χ3n) is 2.62. The highest BCUT2D eigenvalue weighted by molar-refractivity contribution is 5.92. The molecule has 17 heavy (non-hydrogen) atoms. The van der Waals surface area contributed by atoms with E-state index in [-0.39, 0.29) is 22.4 Å². The minimum absolute atomic E-state index is 0.0347. The second-order valence-corrected chi connectivity index (χ2v) is 3.77. The van der Waals surface area contributed by atoms with Crippen LogP contribution in [0.3, 0.4) is 0 Å². The van der Waals surface area contributed by atoms with Gasteiger partial charge < -0.3 is 20.4 Å². The van der Waals surface area contributed by atoms with Gasteiger partial charge in [-0.15, -0.1) is 0 Å². The number of aliphatic hydroxyl groups is 2. The highest BCUT2D eigenvalue weighted by atomic mass is 16.4. The lowest BCUT2D eigenvalue weighted by Crippen LogP contribution is -2.09. The van der Waals surface area contributed by atoms with E-state index < -0.39 is 19.2 Å². The van der Waals surface area contributed by atoms with Gasteiger partial charge in [-0.25, -0.2) is 4.79 Å². The molecule has 0 amide bonds. The van der Waals surface area contributed by atoms with Crippen molar-refractivity contribution in [3.63, 3.8) is 0 Å². The van der Waals surface area contributed by atoms with Crippen molar-refractivity contribution in [3.05, 3.63) is 28.3 Å². The van der Waals surface area contributed by atoms with Crippen molar-refractivity contribution in [1.82, 2.24) is 0 Å². The molecule has 0 heterocycles. The Morgan fingerprint density at radius 2 is 1.88 bits per heavy atom. The Balaban J connectivity index is 3.51. The molecule has 0 bridgehead atoms. The van der Waals surface area contributed by atoms with Gasteiger partial charge in [-0.2, -0.15) is 0 Å². The van der Waals surface area contributed by atoms with Gasteiger partial charge in [-0.1, -0.05) is 13.3 Å². The number of carboxylic acid groups (broad SMARTS) is 1. The van der Waals surface area contributed by atoms with Crippen molar-refractivity contribution in [2.75, 3.05) is 0 Å². The van der Waals surface area contributed by atoms with E-state index in [1.165, 1.54) is 6.07 Å². The molecule has 0 saturated carbocycles. The number of aryl methyl sites for hydroxylation is 1. The summed E-state index contributed by atoms with van der Waals surface area (Å²) < 4.78 is 0. The second-order valence-electron chi connectivity index (χ2n) is 3.77. The molecular weight excluding hydrogens is 224 g/mol. The number of aromatic carboxylic acids is 1. The molecule has 0 aliphatic carbocycles. The summed E-state index contributed by atoms with van der Waals surface area (Å²) >= 11 is 0. The van der Waals surface area contributed by atoms with Crippen LogP contribution in [0.5, 0.6) is 5.75 Å². The number of phenols is 1. The second kappa shape index (κ2) is 5.65. The van der Waals surface area contributed by atoms with Gasteiger partial charge in [0.25, 0.3) is 0 Å². The summed E-state index contributed by atoms with van der Waals surface area (Å²) in [7, 11) is 0. The fraction of sp³-hybridized carbons (Fsp3) is 0.417. The monoisotopic (exact) mass is 240 g/mol. The van der Waals surface area contributed by atoms with Crippen LogP contribution in [0, 0.1) is 0 Å². The van der Waals surface area contributed by atoms with Crippen LogP contribution in [0.15, 0.2) is 6.07 Å². The van der Waals surface area contributed by atoms with Crippen LogP contribution in [0.25, 0.3) is 0 Å². The number of aromatic hydroxyl groups is 1. The van der Waals surface area contributed by atoms with E-state index in [0.717, 1.165) is 6.42 Å². The number of rotatable bonds is 5. The molecule has 0 fully saturated rings. The third kappa shape index (κ3) is 2.57. The first kappa shape index (κ1) is 13.5. The standard InChI is InChI=1S/C12H16O5/c1-2-3-7-4-8(5-13)11(15)9(6-14)10(7)12(16)17/h4,13-15H,2-3,5-6H2,1H3,(H,16,17). The van der Waals surface area contributed by atoms with Crippen molar-refractivity contribution < 1.29 is 25.2 Å².